The summed E-state index contributed by atoms with van der Waals surface area (Å²) in [5, 5.41) is 13.4. The number of ketones is 1. The van der Waals surface area contributed by atoms with Crippen LogP contribution in [0.1, 0.15) is 47.4 Å². The number of benzene rings is 2. The van der Waals surface area contributed by atoms with Crippen LogP contribution in [0.2, 0.25) is 0 Å². The molecule has 1 atom stereocenters. The Hall–Kier alpha value is -3.36. The third kappa shape index (κ3) is 3.63. The lowest BCUT2D eigenvalue weighted by Crippen LogP contribution is -2.28. The van der Waals surface area contributed by atoms with Gasteiger partial charge in [-0.1, -0.05) is 37.3 Å². The molecule has 34 heavy (non-hydrogen) atoms. The Balaban J connectivity index is 1.69. The molecule has 1 saturated heterocycles. The number of halogens is 1. The molecule has 2 aromatic carbocycles. The zero-order valence-electron chi connectivity index (χ0n) is 18.7. The predicted molar refractivity (Wildman–Crippen MR) is 134 cm³/mol. The summed E-state index contributed by atoms with van der Waals surface area (Å²) in [5.74, 6) is -1.94. The molecule has 0 spiro atoms. The fourth-order valence-electron chi connectivity index (χ4n) is 4.08. The monoisotopic (exact) mass is 492 g/mol. The van der Waals surface area contributed by atoms with Crippen molar-refractivity contribution in [2.75, 3.05) is 4.90 Å². The molecular weight excluding hydrogens is 471 g/mol. The molecule has 3 heterocycles. The summed E-state index contributed by atoms with van der Waals surface area (Å²) < 4.78 is 14.7. The Bertz CT molecular complexity index is 1470. The van der Waals surface area contributed by atoms with Crippen molar-refractivity contribution in [1.29, 1.82) is 0 Å². The quantitative estimate of drug-likeness (QED) is 0.199. The van der Waals surface area contributed by atoms with Crippen LogP contribution >= 0.6 is 22.7 Å². The largest absolute Gasteiger partial charge is 0.507 e. The van der Waals surface area contributed by atoms with E-state index < -0.39 is 23.5 Å². The first-order chi connectivity index (χ1) is 16.3. The lowest BCUT2D eigenvalue weighted by Gasteiger charge is -2.21. The minimum absolute atomic E-state index is 0.0272. The molecule has 1 fully saturated rings. The van der Waals surface area contributed by atoms with E-state index in [2.05, 4.69) is 24.9 Å². The van der Waals surface area contributed by atoms with Crippen molar-refractivity contribution in [3.8, 4) is 0 Å². The summed E-state index contributed by atoms with van der Waals surface area (Å²) in [6.45, 7) is 5.79. The van der Waals surface area contributed by atoms with E-state index in [4.69, 9.17) is 0 Å². The summed E-state index contributed by atoms with van der Waals surface area (Å²) >= 11 is 2.72. The van der Waals surface area contributed by atoms with Crippen LogP contribution < -0.4 is 4.90 Å². The second kappa shape index (κ2) is 8.45. The summed E-state index contributed by atoms with van der Waals surface area (Å²) in [4.78, 5) is 33.2. The number of thiazole rings is 1. The Labute approximate surface area is 203 Å². The number of hydrogen-bond acceptors (Lipinski definition) is 6. The summed E-state index contributed by atoms with van der Waals surface area (Å²) in [5.41, 5.74) is 2.49. The molecule has 0 saturated carbocycles. The molecular formula is C26H21FN2O3S2. The number of carbonyl (C=O) groups is 2. The molecule has 0 aliphatic carbocycles. The Morgan fingerprint density at radius 3 is 2.62 bits per heavy atom. The van der Waals surface area contributed by atoms with Crippen LogP contribution in [0, 0.1) is 12.7 Å². The van der Waals surface area contributed by atoms with Gasteiger partial charge in [0, 0.05) is 10.4 Å². The van der Waals surface area contributed by atoms with Crippen molar-refractivity contribution in [3.05, 3.63) is 86.9 Å². The number of amides is 1. The lowest BCUT2D eigenvalue weighted by molar-refractivity contribution is -0.132. The fourth-order valence-corrected chi connectivity index (χ4v) is 5.95. The Kier molecular flexibility index (Phi) is 5.58. The average molecular weight is 493 g/mol. The van der Waals surface area contributed by atoms with E-state index in [0.717, 1.165) is 20.7 Å². The van der Waals surface area contributed by atoms with Gasteiger partial charge in [0.25, 0.3) is 5.78 Å². The number of hydrogen-bond donors (Lipinski definition) is 1. The second-order valence-corrected chi connectivity index (χ2v) is 10.5. The zero-order valence-corrected chi connectivity index (χ0v) is 20.3. The zero-order chi connectivity index (χ0) is 24.1. The number of aliphatic hydroxyl groups is 1. The van der Waals surface area contributed by atoms with Gasteiger partial charge in [0.05, 0.1) is 15.8 Å². The highest BCUT2D eigenvalue weighted by molar-refractivity contribution is 7.22. The van der Waals surface area contributed by atoms with E-state index >= 15 is 0 Å². The van der Waals surface area contributed by atoms with Gasteiger partial charge >= 0.3 is 5.91 Å². The number of aryl methyl sites for hydroxylation is 1. The molecule has 0 radical (unpaired) electrons. The highest BCUT2D eigenvalue weighted by Gasteiger charge is 2.48. The van der Waals surface area contributed by atoms with Crippen molar-refractivity contribution >= 4 is 55.5 Å². The lowest BCUT2D eigenvalue weighted by atomic mass is 9.99. The third-order valence-corrected chi connectivity index (χ3v) is 7.90. The average Bonchev–Trinajstić information content (AvgIpc) is 3.53. The van der Waals surface area contributed by atoms with Gasteiger partial charge in [-0.05, 0) is 65.7 Å². The van der Waals surface area contributed by atoms with Gasteiger partial charge in [-0.2, -0.15) is 0 Å². The number of fused-ring (bicyclic) bond motifs is 1. The molecule has 1 aliphatic rings. The van der Waals surface area contributed by atoms with E-state index in [9.17, 15) is 19.1 Å². The first-order valence-corrected chi connectivity index (χ1v) is 12.5. The fraction of sp³-hybridized carbons (Fsp3) is 0.192. The molecule has 5 rings (SSSR count). The number of aliphatic hydroxyl groups excluding tert-OH is 1. The third-order valence-electron chi connectivity index (χ3n) is 5.96. The van der Waals surface area contributed by atoms with Gasteiger partial charge in [0.2, 0.25) is 0 Å². The Morgan fingerprint density at radius 1 is 1.15 bits per heavy atom. The maximum Gasteiger partial charge on any atom is 0.301 e. The van der Waals surface area contributed by atoms with Gasteiger partial charge in [-0.3, -0.25) is 14.5 Å². The molecule has 1 N–H and O–H groups in total. The number of Topliss-reactive ketones (excluding diaryl/α,β-unsaturated/α-hetero) is 1. The van der Waals surface area contributed by atoms with Crippen molar-refractivity contribution in [2.45, 2.75) is 32.7 Å². The number of anilines is 1. The predicted octanol–water partition coefficient (Wildman–Crippen LogP) is 6.56. The van der Waals surface area contributed by atoms with Crippen LogP contribution in [-0.2, 0) is 9.59 Å². The molecule has 5 nitrogen and oxygen atoms in total. The molecule has 172 valence electrons. The van der Waals surface area contributed by atoms with E-state index in [1.54, 1.807) is 6.92 Å². The molecule has 8 heteroatoms. The van der Waals surface area contributed by atoms with Crippen LogP contribution in [-0.4, -0.2) is 21.8 Å². The maximum absolute atomic E-state index is 13.8. The maximum atomic E-state index is 13.8. The van der Waals surface area contributed by atoms with Gasteiger partial charge in [-0.25, -0.2) is 9.37 Å². The number of thiophene rings is 1. The number of rotatable bonds is 4. The van der Waals surface area contributed by atoms with Gasteiger partial charge in [0.1, 0.15) is 17.6 Å². The van der Waals surface area contributed by atoms with Crippen LogP contribution in [0.25, 0.3) is 16.0 Å². The summed E-state index contributed by atoms with van der Waals surface area (Å²) in [7, 11) is 0. The topological polar surface area (TPSA) is 70.5 Å². The standard InChI is InChI=1S/C26H21FN2O3S2/c1-13(2)15-7-9-18-20(12-15)34-26(28-18)29-22(19-5-4-10-33-19)21(24(31)25(29)32)23(30)16-6-8-17(27)14(3)11-16/h4-13,22,30H,1-3H3/b23-21+. The highest BCUT2D eigenvalue weighted by atomic mass is 32.1. The van der Waals surface area contributed by atoms with E-state index in [1.807, 2.05) is 29.6 Å². The van der Waals surface area contributed by atoms with Crippen LogP contribution in [0.3, 0.4) is 0 Å². The van der Waals surface area contributed by atoms with Crippen molar-refractivity contribution in [1.82, 2.24) is 4.98 Å². The van der Waals surface area contributed by atoms with Crippen LogP contribution in [0.5, 0.6) is 0 Å². The second-order valence-electron chi connectivity index (χ2n) is 8.53. The number of aromatic nitrogens is 1. The first kappa shape index (κ1) is 22.4. The summed E-state index contributed by atoms with van der Waals surface area (Å²) in [6.07, 6.45) is 0. The molecule has 2 aromatic heterocycles. The van der Waals surface area contributed by atoms with Gasteiger partial charge in [0.15, 0.2) is 5.13 Å². The minimum atomic E-state index is -0.824. The molecule has 1 unspecified atom stereocenters. The smallest absolute Gasteiger partial charge is 0.301 e. The van der Waals surface area contributed by atoms with Crippen molar-refractivity contribution in [2.24, 2.45) is 0 Å². The highest BCUT2D eigenvalue weighted by Crippen LogP contribution is 2.45. The summed E-state index contributed by atoms with van der Waals surface area (Å²) in [6, 6.07) is 12.9. The minimum Gasteiger partial charge on any atom is -0.507 e. The van der Waals surface area contributed by atoms with Crippen LogP contribution in [0.4, 0.5) is 9.52 Å². The van der Waals surface area contributed by atoms with E-state index in [1.165, 1.54) is 45.8 Å². The molecule has 1 aliphatic heterocycles. The molecule has 0 bridgehead atoms. The van der Waals surface area contributed by atoms with Crippen LogP contribution in [0.15, 0.2) is 59.5 Å². The van der Waals surface area contributed by atoms with Crippen molar-refractivity contribution < 1.29 is 19.1 Å². The number of nitrogens with zero attached hydrogens (tertiary/aromatic N) is 2. The normalized spacial score (nSPS) is 17.9. The molecule has 4 aromatic rings. The Morgan fingerprint density at radius 2 is 1.94 bits per heavy atom. The van der Waals surface area contributed by atoms with Gasteiger partial charge < -0.3 is 5.11 Å². The molecule has 1 amide bonds. The van der Waals surface area contributed by atoms with E-state index in [-0.39, 0.29) is 16.9 Å². The SMILES string of the molecule is Cc1cc(/C(O)=C2\C(=O)C(=O)N(c3nc4ccc(C(C)C)cc4s3)C2c2cccs2)ccc1F. The van der Waals surface area contributed by atoms with Gasteiger partial charge in [-0.15, -0.1) is 11.3 Å². The van der Waals surface area contributed by atoms with Crippen molar-refractivity contribution in [3.63, 3.8) is 0 Å². The van der Waals surface area contributed by atoms with E-state index in [0.29, 0.717) is 16.6 Å². The number of carbonyl (C=O) groups excluding carboxylic acids is 2. The first-order valence-electron chi connectivity index (χ1n) is 10.8.